The molecule has 0 aliphatic carbocycles. The number of hydrogen-bond acceptors (Lipinski definition) is 6. The first-order valence-corrected chi connectivity index (χ1v) is 11.0. The van der Waals surface area contributed by atoms with Crippen molar-refractivity contribution in [2.24, 2.45) is 5.73 Å². The van der Waals surface area contributed by atoms with Gasteiger partial charge in [-0.3, -0.25) is 9.69 Å². The lowest BCUT2D eigenvalue weighted by atomic mass is 9.97. The van der Waals surface area contributed by atoms with E-state index in [0.29, 0.717) is 17.7 Å². The molecule has 1 fully saturated rings. The zero-order chi connectivity index (χ0) is 24.5. The molecule has 0 saturated carbocycles. The number of nitrogens with two attached hydrogens (primary N) is 1. The van der Waals surface area contributed by atoms with Gasteiger partial charge in [-0.05, 0) is 41.8 Å². The zero-order valence-electron chi connectivity index (χ0n) is 18.8. The van der Waals surface area contributed by atoms with Crippen molar-refractivity contribution in [3.63, 3.8) is 0 Å². The Morgan fingerprint density at radius 1 is 0.941 bits per heavy atom. The van der Waals surface area contributed by atoms with Crippen LogP contribution in [0.4, 0.5) is 5.69 Å². The molecule has 34 heavy (non-hydrogen) atoms. The fourth-order valence-electron chi connectivity index (χ4n) is 4.03. The SMILES string of the molecule is NC(=O)c1ccc(N2CCN(CC3OCCc4ccccc43)CC2)cc1.O=C(O)/C=C\C(=O)O. The molecule has 2 aromatic carbocycles. The second kappa shape index (κ2) is 12.0. The number of amides is 1. The van der Waals surface area contributed by atoms with Crippen LogP contribution in [0.25, 0.3) is 0 Å². The number of carboxylic acid groups (broad SMARTS) is 2. The van der Waals surface area contributed by atoms with Crippen LogP contribution >= 0.6 is 0 Å². The summed E-state index contributed by atoms with van der Waals surface area (Å²) in [4.78, 5) is 35.2. The molecule has 2 aliphatic heterocycles. The predicted molar refractivity (Wildman–Crippen MR) is 127 cm³/mol. The van der Waals surface area contributed by atoms with Gasteiger partial charge < -0.3 is 25.6 Å². The number of carbonyl (C=O) groups is 3. The van der Waals surface area contributed by atoms with E-state index in [1.807, 2.05) is 12.1 Å². The molecule has 0 bridgehead atoms. The maximum atomic E-state index is 11.2. The molecule has 2 aromatic rings. The van der Waals surface area contributed by atoms with E-state index < -0.39 is 11.9 Å². The van der Waals surface area contributed by atoms with Crippen LogP contribution in [0.3, 0.4) is 0 Å². The number of carbonyl (C=O) groups excluding carboxylic acids is 1. The highest BCUT2D eigenvalue weighted by Crippen LogP contribution is 2.28. The van der Waals surface area contributed by atoms with Crippen LogP contribution in [-0.4, -0.2) is 72.3 Å². The van der Waals surface area contributed by atoms with Gasteiger partial charge in [-0.15, -0.1) is 0 Å². The minimum absolute atomic E-state index is 0.182. The molecule has 4 N–H and O–H groups in total. The van der Waals surface area contributed by atoms with Gasteiger partial charge in [-0.2, -0.15) is 0 Å². The van der Waals surface area contributed by atoms with Gasteiger partial charge in [-0.25, -0.2) is 9.59 Å². The average Bonchev–Trinajstić information content (AvgIpc) is 2.84. The average molecular weight is 468 g/mol. The topological polar surface area (TPSA) is 133 Å². The molecule has 0 radical (unpaired) electrons. The third kappa shape index (κ3) is 7.16. The minimum Gasteiger partial charge on any atom is -0.478 e. The summed E-state index contributed by atoms with van der Waals surface area (Å²) in [5, 5.41) is 15.6. The number of rotatable bonds is 6. The van der Waals surface area contributed by atoms with Gasteiger partial charge >= 0.3 is 11.9 Å². The molecule has 4 rings (SSSR count). The maximum Gasteiger partial charge on any atom is 0.328 e. The summed E-state index contributed by atoms with van der Waals surface area (Å²) in [7, 11) is 0. The van der Waals surface area contributed by atoms with Crippen LogP contribution < -0.4 is 10.6 Å². The molecule has 180 valence electrons. The molecule has 1 saturated heterocycles. The lowest BCUT2D eigenvalue weighted by molar-refractivity contribution is -0.134. The van der Waals surface area contributed by atoms with E-state index in [1.54, 1.807) is 12.1 Å². The Morgan fingerprint density at radius 3 is 2.15 bits per heavy atom. The summed E-state index contributed by atoms with van der Waals surface area (Å²) < 4.78 is 6.06. The van der Waals surface area contributed by atoms with Gasteiger partial charge in [0.05, 0.1) is 12.7 Å². The van der Waals surface area contributed by atoms with Gasteiger partial charge in [0.2, 0.25) is 5.91 Å². The third-order valence-corrected chi connectivity index (χ3v) is 5.77. The fourth-order valence-corrected chi connectivity index (χ4v) is 4.03. The minimum atomic E-state index is -1.26. The Kier molecular flexibility index (Phi) is 8.78. The van der Waals surface area contributed by atoms with E-state index in [2.05, 4.69) is 34.1 Å². The summed E-state index contributed by atoms with van der Waals surface area (Å²) in [6.07, 6.45) is 2.31. The number of nitrogens with zero attached hydrogens (tertiary/aromatic N) is 2. The largest absolute Gasteiger partial charge is 0.478 e. The van der Waals surface area contributed by atoms with E-state index >= 15 is 0 Å². The first-order valence-electron chi connectivity index (χ1n) is 11.0. The highest BCUT2D eigenvalue weighted by atomic mass is 16.5. The number of fused-ring (bicyclic) bond motifs is 1. The lowest BCUT2D eigenvalue weighted by Crippen LogP contribution is -2.48. The molecule has 1 amide bonds. The number of aliphatic carboxylic acids is 2. The summed E-state index contributed by atoms with van der Waals surface area (Å²) in [5.41, 5.74) is 9.79. The molecule has 2 aliphatic rings. The van der Waals surface area contributed by atoms with E-state index in [4.69, 9.17) is 20.7 Å². The number of benzene rings is 2. The fraction of sp³-hybridized carbons (Fsp3) is 0.320. The Bertz CT molecular complexity index is 1010. The van der Waals surface area contributed by atoms with Crippen LogP contribution in [0.2, 0.25) is 0 Å². The Morgan fingerprint density at radius 2 is 1.56 bits per heavy atom. The van der Waals surface area contributed by atoms with E-state index in [0.717, 1.165) is 51.4 Å². The highest BCUT2D eigenvalue weighted by Gasteiger charge is 2.25. The molecule has 9 nitrogen and oxygen atoms in total. The van der Waals surface area contributed by atoms with Gasteiger partial charge in [-0.1, -0.05) is 24.3 Å². The number of anilines is 1. The molecule has 1 unspecified atom stereocenters. The first kappa shape index (κ1) is 24.9. The number of carboxylic acids is 2. The van der Waals surface area contributed by atoms with Crippen molar-refractivity contribution in [1.82, 2.24) is 4.90 Å². The standard InChI is InChI=1S/C21H25N3O2.C4H4O4/c22-21(25)17-5-7-18(8-6-17)24-12-10-23(11-13-24)15-20-19-4-2-1-3-16(19)9-14-26-20;5-3(6)1-2-4(7)8/h1-8,20H,9-15H2,(H2,22,25);1-2H,(H,5,6)(H,7,8)/b;2-1-. The first-order chi connectivity index (χ1) is 16.3. The predicted octanol–water partition coefficient (Wildman–Crippen LogP) is 1.93. The third-order valence-electron chi connectivity index (χ3n) is 5.77. The van der Waals surface area contributed by atoms with E-state index in [9.17, 15) is 14.4 Å². The van der Waals surface area contributed by atoms with Crippen molar-refractivity contribution < 1.29 is 29.3 Å². The zero-order valence-corrected chi connectivity index (χ0v) is 18.8. The van der Waals surface area contributed by atoms with Crippen LogP contribution in [0.5, 0.6) is 0 Å². The molecule has 0 spiro atoms. The maximum absolute atomic E-state index is 11.2. The highest BCUT2D eigenvalue weighted by molar-refractivity contribution is 5.93. The molecule has 0 aromatic heterocycles. The van der Waals surface area contributed by atoms with E-state index in [-0.39, 0.29) is 12.0 Å². The van der Waals surface area contributed by atoms with Crippen molar-refractivity contribution in [1.29, 1.82) is 0 Å². The normalized spacial score (nSPS) is 18.0. The Balaban J connectivity index is 0.000000350. The van der Waals surface area contributed by atoms with Crippen molar-refractivity contribution in [3.05, 3.63) is 77.4 Å². The number of ether oxygens (including phenoxy) is 1. The summed E-state index contributed by atoms with van der Waals surface area (Å²) >= 11 is 0. The van der Waals surface area contributed by atoms with Crippen molar-refractivity contribution in [3.8, 4) is 0 Å². The van der Waals surface area contributed by atoms with Crippen molar-refractivity contribution >= 4 is 23.5 Å². The van der Waals surface area contributed by atoms with Crippen molar-refractivity contribution in [2.45, 2.75) is 12.5 Å². The van der Waals surface area contributed by atoms with Crippen LogP contribution in [0, 0.1) is 0 Å². The van der Waals surface area contributed by atoms with Gasteiger partial charge in [0.15, 0.2) is 0 Å². The summed E-state index contributed by atoms with van der Waals surface area (Å²) in [6, 6.07) is 16.2. The summed E-state index contributed by atoms with van der Waals surface area (Å²) in [6.45, 7) is 5.74. The quantitative estimate of drug-likeness (QED) is 0.549. The Hall–Kier alpha value is -3.69. The number of hydrogen-bond donors (Lipinski definition) is 3. The Labute approximate surface area is 198 Å². The second-order valence-electron chi connectivity index (χ2n) is 8.02. The van der Waals surface area contributed by atoms with Crippen LogP contribution in [-0.2, 0) is 20.7 Å². The van der Waals surface area contributed by atoms with Crippen LogP contribution in [0.15, 0.2) is 60.7 Å². The second-order valence-corrected chi connectivity index (χ2v) is 8.02. The molecular weight excluding hydrogens is 438 g/mol. The number of primary amides is 1. The molecule has 9 heteroatoms. The van der Waals surface area contributed by atoms with Gasteiger partial charge in [0, 0.05) is 56.1 Å². The lowest BCUT2D eigenvalue weighted by Gasteiger charge is -2.38. The molecular formula is C25H29N3O6. The van der Waals surface area contributed by atoms with E-state index in [1.165, 1.54) is 11.1 Å². The smallest absolute Gasteiger partial charge is 0.328 e. The molecule has 1 atom stereocenters. The number of piperazine rings is 1. The van der Waals surface area contributed by atoms with Crippen molar-refractivity contribution in [2.75, 3.05) is 44.2 Å². The molecule has 2 heterocycles. The summed E-state index contributed by atoms with van der Waals surface area (Å²) in [5.74, 6) is -2.89. The monoisotopic (exact) mass is 467 g/mol. The van der Waals surface area contributed by atoms with Gasteiger partial charge in [0.25, 0.3) is 0 Å². The van der Waals surface area contributed by atoms with Crippen LogP contribution in [0.1, 0.15) is 27.6 Å². The van der Waals surface area contributed by atoms with Gasteiger partial charge in [0.1, 0.15) is 0 Å².